The van der Waals surface area contributed by atoms with Crippen molar-refractivity contribution < 1.29 is 19.1 Å². The van der Waals surface area contributed by atoms with Crippen LogP contribution < -0.4 is 0 Å². The summed E-state index contributed by atoms with van der Waals surface area (Å²) in [5.41, 5.74) is 0.787. The van der Waals surface area contributed by atoms with Crippen molar-refractivity contribution in [1.29, 1.82) is 0 Å². The fourth-order valence-corrected chi connectivity index (χ4v) is 4.54. The highest BCUT2D eigenvalue weighted by atomic mass is 35.5. The third kappa shape index (κ3) is 6.02. The molecule has 0 saturated heterocycles. The largest absolute Gasteiger partial charge is 0.457 e. The number of esters is 2. The van der Waals surface area contributed by atoms with Gasteiger partial charge in [-0.05, 0) is 36.4 Å². The fourth-order valence-electron chi connectivity index (χ4n) is 2.69. The average Bonchev–Trinajstić information content (AvgIpc) is 2.71. The van der Waals surface area contributed by atoms with Crippen molar-refractivity contribution in [3.63, 3.8) is 0 Å². The van der Waals surface area contributed by atoms with Crippen LogP contribution in [-0.2, 0) is 22.7 Å². The van der Waals surface area contributed by atoms with E-state index >= 15 is 0 Å². The molecule has 3 aromatic carbocycles. The van der Waals surface area contributed by atoms with Gasteiger partial charge in [-0.3, -0.25) is 0 Å². The zero-order valence-electron chi connectivity index (χ0n) is 15.9. The molecule has 0 saturated carbocycles. The van der Waals surface area contributed by atoms with Crippen molar-refractivity contribution in [3.8, 4) is 0 Å². The van der Waals surface area contributed by atoms with Gasteiger partial charge in [0.1, 0.15) is 13.2 Å². The molecule has 0 fully saturated rings. The summed E-state index contributed by atoms with van der Waals surface area (Å²) in [6.07, 6.45) is 0. The Hall–Kier alpha value is -1.66. The summed E-state index contributed by atoms with van der Waals surface area (Å²) in [4.78, 5) is 25.3. The van der Waals surface area contributed by atoms with Crippen molar-refractivity contribution in [3.05, 3.63) is 101 Å². The van der Waals surface area contributed by atoms with E-state index in [1.165, 1.54) is 36.4 Å². The maximum absolute atomic E-state index is 12.7. The minimum absolute atomic E-state index is 0.00649. The van der Waals surface area contributed by atoms with Crippen LogP contribution >= 0.6 is 69.6 Å². The molecular weight excluding hydrogens is 541 g/mol. The molecule has 0 aliphatic heterocycles. The highest BCUT2D eigenvalue weighted by Gasteiger charge is 2.21. The molecule has 4 nitrogen and oxygen atoms in total. The Morgan fingerprint density at radius 1 is 0.594 bits per heavy atom. The van der Waals surface area contributed by atoms with Gasteiger partial charge in [-0.25, -0.2) is 9.59 Å². The van der Waals surface area contributed by atoms with E-state index in [4.69, 9.17) is 79.1 Å². The molecule has 0 spiro atoms. The van der Waals surface area contributed by atoms with Crippen molar-refractivity contribution in [2.45, 2.75) is 13.2 Å². The molecule has 0 bridgehead atoms. The van der Waals surface area contributed by atoms with Crippen LogP contribution in [0.3, 0.4) is 0 Å². The number of rotatable bonds is 6. The lowest BCUT2D eigenvalue weighted by molar-refractivity contribution is 0.0425. The van der Waals surface area contributed by atoms with Gasteiger partial charge in [0.15, 0.2) is 0 Å². The van der Waals surface area contributed by atoms with E-state index in [2.05, 4.69) is 0 Å². The van der Waals surface area contributed by atoms with Gasteiger partial charge in [-0.15, -0.1) is 0 Å². The van der Waals surface area contributed by atoms with E-state index in [-0.39, 0.29) is 44.4 Å². The van der Waals surface area contributed by atoms with Gasteiger partial charge >= 0.3 is 11.9 Å². The Labute approximate surface area is 213 Å². The molecule has 0 radical (unpaired) electrons. The summed E-state index contributed by atoms with van der Waals surface area (Å²) < 4.78 is 10.6. The number of benzene rings is 3. The molecule has 0 unspecified atom stereocenters. The van der Waals surface area contributed by atoms with Gasteiger partial charge < -0.3 is 9.47 Å². The van der Waals surface area contributed by atoms with Crippen LogP contribution in [0.2, 0.25) is 30.1 Å². The number of ether oxygens (including phenoxy) is 2. The van der Waals surface area contributed by atoms with E-state index in [1.54, 1.807) is 12.1 Å². The first-order chi connectivity index (χ1) is 15.2. The molecule has 166 valence electrons. The fraction of sp³-hybridized carbons (Fsp3) is 0.0909. The van der Waals surface area contributed by atoms with Gasteiger partial charge in [0.25, 0.3) is 0 Å². The zero-order valence-corrected chi connectivity index (χ0v) is 20.5. The van der Waals surface area contributed by atoms with Gasteiger partial charge in [-0.1, -0.05) is 81.7 Å². The minimum Gasteiger partial charge on any atom is -0.457 e. The number of hydrogen-bond acceptors (Lipinski definition) is 4. The first-order valence-corrected chi connectivity index (χ1v) is 11.1. The van der Waals surface area contributed by atoms with Gasteiger partial charge in [0.2, 0.25) is 0 Å². The molecule has 3 rings (SSSR count). The van der Waals surface area contributed by atoms with E-state index < -0.39 is 11.9 Å². The molecule has 3 aromatic rings. The smallest absolute Gasteiger partial charge is 0.339 e. The van der Waals surface area contributed by atoms with Gasteiger partial charge in [0, 0.05) is 21.2 Å². The number of carbonyl (C=O) groups is 2. The molecule has 0 amide bonds. The van der Waals surface area contributed by atoms with Crippen LogP contribution in [0.4, 0.5) is 0 Å². The molecule has 10 heteroatoms. The lowest BCUT2D eigenvalue weighted by Gasteiger charge is -2.12. The Morgan fingerprint density at radius 3 is 1.22 bits per heavy atom. The quantitative estimate of drug-likeness (QED) is 0.288. The summed E-state index contributed by atoms with van der Waals surface area (Å²) in [5.74, 6) is -1.52. The van der Waals surface area contributed by atoms with Crippen LogP contribution in [0.1, 0.15) is 31.8 Å². The molecule has 0 atom stereocenters. The van der Waals surface area contributed by atoms with Crippen molar-refractivity contribution in [2.24, 2.45) is 0 Å². The summed E-state index contributed by atoms with van der Waals surface area (Å²) >= 11 is 36.2. The third-order valence-electron chi connectivity index (χ3n) is 4.27. The Bertz CT molecular complexity index is 1060. The van der Waals surface area contributed by atoms with Crippen LogP contribution in [0, 0.1) is 0 Å². The van der Waals surface area contributed by atoms with Crippen LogP contribution in [0.25, 0.3) is 0 Å². The highest BCUT2D eigenvalue weighted by molar-refractivity contribution is 6.40. The molecule has 0 aliphatic rings. The van der Waals surface area contributed by atoms with Crippen molar-refractivity contribution in [2.75, 3.05) is 0 Å². The lowest BCUT2D eigenvalue weighted by atomic mass is 10.1. The first-order valence-electron chi connectivity index (χ1n) is 8.87. The van der Waals surface area contributed by atoms with E-state index in [1.807, 2.05) is 0 Å². The monoisotopic (exact) mass is 550 g/mol. The van der Waals surface area contributed by atoms with Crippen LogP contribution in [0.15, 0.2) is 48.5 Å². The Morgan fingerprint density at radius 2 is 0.906 bits per heavy atom. The summed E-state index contributed by atoms with van der Waals surface area (Å²) in [7, 11) is 0. The van der Waals surface area contributed by atoms with E-state index in [0.29, 0.717) is 21.2 Å². The second kappa shape index (κ2) is 11.0. The van der Waals surface area contributed by atoms with Gasteiger partial charge in [-0.2, -0.15) is 0 Å². The summed E-state index contributed by atoms with van der Waals surface area (Å²) in [6.45, 7) is -0.430. The Kier molecular flexibility index (Phi) is 8.56. The number of carbonyl (C=O) groups excluding carboxylic acids is 2. The normalized spacial score (nSPS) is 10.7. The standard InChI is InChI=1S/C22H12Cl6O4/c23-11-5-17(25)15(18(26)6-11)9-31-21(29)13-3-1-2-4-14(13)22(30)32-10-16-19(27)7-12(24)8-20(16)28/h1-8H,9-10H2. The average molecular weight is 553 g/mol. The van der Waals surface area contributed by atoms with Crippen LogP contribution in [0.5, 0.6) is 0 Å². The third-order valence-corrected chi connectivity index (χ3v) is 6.06. The predicted octanol–water partition coefficient (Wildman–Crippen LogP) is 8.32. The minimum atomic E-state index is -0.762. The molecule has 0 aromatic heterocycles. The SMILES string of the molecule is O=C(OCc1c(Cl)cc(Cl)cc1Cl)c1ccccc1C(=O)OCc1c(Cl)cc(Cl)cc1Cl. The summed E-state index contributed by atoms with van der Waals surface area (Å²) in [5, 5.41) is 1.70. The number of hydrogen-bond donors (Lipinski definition) is 0. The predicted molar refractivity (Wildman–Crippen MR) is 128 cm³/mol. The second-order valence-electron chi connectivity index (χ2n) is 6.39. The molecule has 0 aliphatic carbocycles. The van der Waals surface area contributed by atoms with E-state index in [0.717, 1.165) is 0 Å². The van der Waals surface area contributed by atoms with Crippen molar-refractivity contribution in [1.82, 2.24) is 0 Å². The molecular formula is C22H12Cl6O4. The summed E-state index contributed by atoms with van der Waals surface area (Å²) in [6, 6.07) is 12.0. The highest BCUT2D eigenvalue weighted by Crippen LogP contribution is 2.31. The maximum Gasteiger partial charge on any atom is 0.339 e. The number of halogens is 6. The zero-order chi connectivity index (χ0) is 23.4. The maximum atomic E-state index is 12.7. The molecule has 0 heterocycles. The Balaban J connectivity index is 1.74. The molecule has 0 N–H and O–H groups in total. The lowest BCUT2D eigenvalue weighted by Crippen LogP contribution is -2.14. The first kappa shape index (κ1) is 25.0. The molecule has 32 heavy (non-hydrogen) atoms. The van der Waals surface area contributed by atoms with Crippen LogP contribution in [-0.4, -0.2) is 11.9 Å². The second-order valence-corrected chi connectivity index (χ2v) is 8.90. The van der Waals surface area contributed by atoms with Gasteiger partial charge in [0.05, 0.1) is 31.2 Å². The van der Waals surface area contributed by atoms with Crippen molar-refractivity contribution >= 4 is 81.5 Å². The van der Waals surface area contributed by atoms with E-state index in [9.17, 15) is 9.59 Å². The topological polar surface area (TPSA) is 52.6 Å².